The molecule has 0 heteroatoms. The van der Waals surface area contributed by atoms with Gasteiger partial charge in [0.15, 0.2) is 0 Å². The molecule has 4 rings (SSSR count). The zero-order chi connectivity index (χ0) is 11.0. The lowest BCUT2D eigenvalue weighted by molar-refractivity contribution is 0.254. The first-order chi connectivity index (χ1) is 7.80. The van der Waals surface area contributed by atoms with E-state index in [1.165, 1.54) is 42.9 Å². The van der Waals surface area contributed by atoms with Crippen LogP contribution in [0.25, 0.3) is 0 Å². The molecule has 0 nitrogen and oxygen atoms in total. The van der Waals surface area contributed by atoms with Crippen LogP contribution < -0.4 is 0 Å². The first kappa shape index (κ1) is 9.97. The first-order valence-corrected chi connectivity index (χ1v) is 7.80. The third kappa shape index (κ3) is 0.910. The van der Waals surface area contributed by atoms with Gasteiger partial charge in [0.25, 0.3) is 0 Å². The quantitative estimate of drug-likeness (QED) is 0.630. The largest absolute Gasteiger partial charge is 0.0654 e. The second kappa shape index (κ2) is 2.87. The molecule has 0 aromatic carbocycles. The summed E-state index contributed by atoms with van der Waals surface area (Å²) in [5.74, 6) is 4.77. The van der Waals surface area contributed by atoms with Crippen molar-refractivity contribution in [3.05, 3.63) is 0 Å². The van der Waals surface area contributed by atoms with Gasteiger partial charge >= 0.3 is 0 Å². The van der Waals surface area contributed by atoms with E-state index >= 15 is 0 Å². The second-order valence-corrected chi connectivity index (χ2v) is 7.33. The molecule has 0 spiro atoms. The zero-order valence-corrected chi connectivity index (χ0v) is 11.0. The summed E-state index contributed by atoms with van der Waals surface area (Å²) in [6.45, 7) is 4.75. The summed E-state index contributed by atoms with van der Waals surface area (Å²) in [6, 6.07) is 0. The number of hydrogen-bond acceptors (Lipinski definition) is 0. The highest BCUT2D eigenvalue weighted by atomic mass is 15.0. The average molecular weight is 218 g/mol. The van der Waals surface area contributed by atoms with E-state index in [2.05, 4.69) is 13.8 Å². The molecule has 6 atom stereocenters. The highest BCUT2D eigenvalue weighted by molar-refractivity contribution is 5.41. The molecule has 0 aliphatic heterocycles. The van der Waals surface area contributed by atoms with Gasteiger partial charge in [-0.1, -0.05) is 33.1 Å². The molecule has 0 heterocycles. The molecule has 90 valence electrons. The molecule has 4 fully saturated rings. The molecule has 16 heavy (non-hydrogen) atoms. The Hall–Kier alpha value is 0. The number of rotatable bonds is 5. The highest BCUT2D eigenvalue weighted by Crippen LogP contribution is 3.00. The summed E-state index contributed by atoms with van der Waals surface area (Å²) in [4.78, 5) is 0. The predicted octanol–water partition coefficient (Wildman–Crippen LogP) is 4.64. The monoisotopic (exact) mass is 218 g/mol. The minimum Gasteiger partial charge on any atom is -0.0654 e. The first-order valence-electron chi connectivity index (χ1n) is 7.80. The van der Waals surface area contributed by atoms with Crippen molar-refractivity contribution in [1.29, 1.82) is 0 Å². The van der Waals surface area contributed by atoms with Crippen LogP contribution in [0.2, 0.25) is 0 Å². The molecule has 0 aromatic heterocycles. The van der Waals surface area contributed by atoms with Gasteiger partial charge in [-0.2, -0.15) is 0 Å². The predicted molar refractivity (Wildman–Crippen MR) is 67.1 cm³/mol. The number of unbranched alkanes of at least 4 members (excludes halogenated alkanes) is 1. The highest BCUT2D eigenvalue weighted by Gasteiger charge is 2.94. The topological polar surface area (TPSA) is 0 Å². The van der Waals surface area contributed by atoms with Crippen LogP contribution in [0.3, 0.4) is 0 Å². The maximum absolute atomic E-state index is 2.39. The van der Waals surface area contributed by atoms with Gasteiger partial charge in [-0.05, 0) is 66.6 Å². The summed E-state index contributed by atoms with van der Waals surface area (Å²) in [6.07, 6.45) is 12.4. The fraction of sp³-hybridized carbons (Fsp3) is 1.00. The third-order valence-corrected chi connectivity index (χ3v) is 6.84. The standard InChI is InChI=1S/C16H26/c1-3-5-7-13-12-8-11(12)9-15-10-16(13,15)14(15)6-4-2/h11-14H,3-10H2,1-2H3/t11?,12?,13?,14?,15?,16-/m1/s1. The number of hydrogen-bond donors (Lipinski definition) is 0. The molecule has 0 radical (unpaired) electrons. The van der Waals surface area contributed by atoms with Gasteiger partial charge in [-0.25, -0.2) is 0 Å². The Labute approximate surface area is 100 Å². The molecule has 4 saturated carbocycles. The number of fused-ring (bicyclic) bond motifs is 1. The molecule has 4 aliphatic carbocycles. The minimum absolute atomic E-state index is 0.940. The van der Waals surface area contributed by atoms with Crippen molar-refractivity contribution in [3.8, 4) is 0 Å². The Morgan fingerprint density at radius 3 is 2.75 bits per heavy atom. The van der Waals surface area contributed by atoms with Crippen LogP contribution in [0.4, 0.5) is 0 Å². The summed E-state index contributed by atoms with van der Waals surface area (Å²) in [5, 5.41) is 0. The van der Waals surface area contributed by atoms with E-state index in [0.717, 1.165) is 10.8 Å². The Bertz CT molecular complexity index is 320. The van der Waals surface area contributed by atoms with Gasteiger partial charge in [0.05, 0.1) is 0 Å². The molecule has 0 amide bonds. The molecule has 0 N–H and O–H groups in total. The summed E-state index contributed by atoms with van der Waals surface area (Å²) < 4.78 is 0. The van der Waals surface area contributed by atoms with E-state index in [-0.39, 0.29) is 0 Å². The molecule has 0 saturated heterocycles. The van der Waals surface area contributed by atoms with E-state index in [1.54, 1.807) is 32.1 Å². The van der Waals surface area contributed by atoms with Crippen LogP contribution in [0.1, 0.15) is 65.2 Å². The van der Waals surface area contributed by atoms with Gasteiger partial charge in [-0.3, -0.25) is 0 Å². The van der Waals surface area contributed by atoms with Gasteiger partial charge in [0.2, 0.25) is 0 Å². The average Bonchev–Trinajstić information content (AvgIpc) is 3.15. The third-order valence-electron chi connectivity index (χ3n) is 6.84. The normalized spacial score (nSPS) is 59.6. The summed E-state index contributed by atoms with van der Waals surface area (Å²) >= 11 is 0. The molecular formula is C16H26. The Balaban J connectivity index is 1.53. The lowest BCUT2D eigenvalue weighted by Crippen LogP contribution is -2.16. The fourth-order valence-electron chi connectivity index (χ4n) is 6.11. The van der Waals surface area contributed by atoms with Crippen molar-refractivity contribution < 1.29 is 0 Å². The maximum atomic E-state index is 2.39. The fourth-order valence-corrected chi connectivity index (χ4v) is 6.11. The van der Waals surface area contributed by atoms with Crippen LogP contribution in [0.5, 0.6) is 0 Å². The van der Waals surface area contributed by atoms with Crippen molar-refractivity contribution >= 4 is 0 Å². The Morgan fingerprint density at radius 2 is 2.00 bits per heavy atom. The SMILES string of the molecule is CCCCC1C2CC2CC23C[C@]12C3CCC. The van der Waals surface area contributed by atoms with E-state index in [1.807, 2.05) is 0 Å². The van der Waals surface area contributed by atoms with Crippen LogP contribution in [0.15, 0.2) is 0 Å². The summed E-state index contributed by atoms with van der Waals surface area (Å²) in [5.41, 5.74) is 1.88. The zero-order valence-electron chi connectivity index (χ0n) is 11.0. The molecule has 0 bridgehead atoms. The van der Waals surface area contributed by atoms with E-state index in [9.17, 15) is 0 Å². The molecule has 5 unspecified atom stereocenters. The van der Waals surface area contributed by atoms with Crippen molar-refractivity contribution in [2.45, 2.75) is 65.2 Å². The van der Waals surface area contributed by atoms with Gasteiger partial charge in [0.1, 0.15) is 0 Å². The van der Waals surface area contributed by atoms with Crippen LogP contribution in [-0.4, -0.2) is 0 Å². The lowest BCUT2D eigenvalue weighted by atomic mass is 9.81. The molecule has 0 aromatic rings. The van der Waals surface area contributed by atoms with Crippen LogP contribution in [0, 0.1) is 34.5 Å². The smallest absolute Gasteiger partial charge is 0.0167 e. The molecule has 4 aliphatic rings. The lowest BCUT2D eigenvalue weighted by Gasteiger charge is -2.23. The minimum atomic E-state index is 0.940. The second-order valence-electron chi connectivity index (χ2n) is 7.33. The van der Waals surface area contributed by atoms with Gasteiger partial charge < -0.3 is 0 Å². The summed E-state index contributed by atoms with van der Waals surface area (Å²) in [7, 11) is 0. The van der Waals surface area contributed by atoms with Crippen molar-refractivity contribution in [2.24, 2.45) is 34.5 Å². The van der Waals surface area contributed by atoms with Crippen molar-refractivity contribution in [3.63, 3.8) is 0 Å². The maximum Gasteiger partial charge on any atom is -0.0167 e. The van der Waals surface area contributed by atoms with Gasteiger partial charge in [-0.15, -0.1) is 0 Å². The van der Waals surface area contributed by atoms with E-state index in [0.29, 0.717) is 0 Å². The van der Waals surface area contributed by atoms with Crippen molar-refractivity contribution in [2.75, 3.05) is 0 Å². The van der Waals surface area contributed by atoms with Crippen LogP contribution in [-0.2, 0) is 0 Å². The van der Waals surface area contributed by atoms with Crippen molar-refractivity contribution in [1.82, 2.24) is 0 Å². The van der Waals surface area contributed by atoms with Crippen LogP contribution >= 0.6 is 0 Å². The van der Waals surface area contributed by atoms with E-state index < -0.39 is 0 Å². The van der Waals surface area contributed by atoms with E-state index in [4.69, 9.17) is 0 Å². The Kier molecular flexibility index (Phi) is 1.79. The molecular weight excluding hydrogens is 192 g/mol. The Morgan fingerprint density at radius 1 is 1.12 bits per heavy atom. The van der Waals surface area contributed by atoms with Gasteiger partial charge in [0, 0.05) is 0 Å².